The first-order chi connectivity index (χ1) is 17.4. The third-order valence-corrected chi connectivity index (χ3v) is 6.24. The monoisotopic (exact) mass is 496 g/mol. The smallest absolute Gasteiger partial charge is 0.293 e. The average Bonchev–Trinajstić information content (AvgIpc) is 3.48. The first-order valence-electron chi connectivity index (χ1n) is 11.2. The number of nitrogens with two attached hydrogens (primary N) is 1. The number of hydrogen-bond acceptors (Lipinski definition) is 10. The SMILES string of the molecule is CC(O)c1cc2n(c(=O)c1COC=O)Cc1c-2nc2cc3c(cc2c1COCNC(=O)CN)OCO3. The van der Waals surface area contributed by atoms with E-state index >= 15 is 0 Å². The third-order valence-electron chi connectivity index (χ3n) is 6.24. The molecular weight excluding hydrogens is 472 g/mol. The van der Waals surface area contributed by atoms with Crippen LogP contribution in [-0.2, 0) is 38.8 Å². The van der Waals surface area contributed by atoms with E-state index < -0.39 is 6.10 Å². The molecule has 0 spiro atoms. The zero-order valence-corrected chi connectivity index (χ0v) is 19.4. The highest BCUT2D eigenvalue weighted by Crippen LogP contribution is 2.42. The second-order valence-electron chi connectivity index (χ2n) is 8.37. The van der Waals surface area contributed by atoms with Crippen LogP contribution in [0, 0.1) is 0 Å². The largest absolute Gasteiger partial charge is 0.463 e. The molecule has 2 aliphatic rings. The van der Waals surface area contributed by atoms with Crippen LogP contribution < -0.4 is 26.1 Å². The molecule has 1 unspecified atom stereocenters. The van der Waals surface area contributed by atoms with E-state index in [1.165, 1.54) is 11.5 Å². The van der Waals surface area contributed by atoms with Crippen LogP contribution in [0.25, 0.3) is 22.3 Å². The van der Waals surface area contributed by atoms with Gasteiger partial charge >= 0.3 is 0 Å². The summed E-state index contributed by atoms with van der Waals surface area (Å²) in [6.45, 7) is 1.74. The number of nitrogens with one attached hydrogen (secondary N) is 1. The Morgan fingerprint density at radius 1 is 1.28 bits per heavy atom. The topological polar surface area (TPSA) is 164 Å². The summed E-state index contributed by atoms with van der Waals surface area (Å²) in [5.41, 5.74) is 8.71. The molecule has 0 aliphatic carbocycles. The van der Waals surface area contributed by atoms with E-state index in [9.17, 15) is 19.5 Å². The van der Waals surface area contributed by atoms with Crippen LogP contribution in [0.4, 0.5) is 0 Å². The minimum absolute atomic E-state index is 0.0502. The van der Waals surface area contributed by atoms with E-state index in [2.05, 4.69) is 5.32 Å². The molecule has 12 heteroatoms. The van der Waals surface area contributed by atoms with Crippen molar-refractivity contribution >= 4 is 23.3 Å². The lowest BCUT2D eigenvalue weighted by molar-refractivity contribution is -0.130. The van der Waals surface area contributed by atoms with E-state index in [1.807, 2.05) is 6.07 Å². The Labute approximate surface area is 204 Å². The first-order valence-corrected chi connectivity index (χ1v) is 11.2. The van der Waals surface area contributed by atoms with E-state index in [-0.39, 0.29) is 63.3 Å². The number of benzene rings is 1. The molecule has 0 fully saturated rings. The van der Waals surface area contributed by atoms with Gasteiger partial charge in [0, 0.05) is 17.0 Å². The molecule has 0 bridgehead atoms. The Morgan fingerprint density at radius 2 is 2.06 bits per heavy atom. The molecule has 2 aromatic heterocycles. The average molecular weight is 496 g/mol. The van der Waals surface area contributed by atoms with Gasteiger partial charge in [0.1, 0.15) is 13.3 Å². The van der Waals surface area contributed by atoms with Crippen molar-refractivity contribution in [2.24, 2.45) is 5.73 Å². The number of fused-ring (bicyclic) bond motifs is 5. The fraction of sp³-hybridized carbons (Fsp3) is 0.333. The lowest BCUT2D eigenvalue weighted by atomic mass is 9.99. The fourth-order valence-corrected chi connectivity index (χ4v) is 4.52. The molecule has 0 saturated heterocycles. The quantitative estimate of drug-likeness (QED) is 0.168. The number of ether oxygens (including phenoxy) is 4. The summed E-state index contributed by atoms with van der Waals surface area (Å²) in [7, 11) is 0. The molecule has 3 aromatic rings. The van der Waals surface area contributed by atoms with Crippen molar-refractivity contribution in [3.05, 3.63) is 50.8 Å². The second kappa shape index (κ2) is 9.57. The van der Waals surface area contributed by atoms with Gasteiger partial charge in [-0.15, -0.1) is 0 Å². The van der Waals surface area contributed by atoms with Crippen molar-refractivity contribution in [3.63, 3.8) is 0 Å². The van der Waals surface area contributed by atoms with Gasteiger partial charge in [0.15, 0.2) is 11.5 Å². The summed E-state index contributed by atoms with van der Waals surface area (Å²) >= 11 is 0. The van der Waals surface area contributed by atoms with Crippen LogP contribution in [-0.4, -0.2) is 47.1 Å². The number of aromatic nitrogens is 2. The van der Waals surface area contributed by atoms with Crippen molar-refractivity contribution in [2.45, 2.75) is 32.8 Å². The molecular formula is C24H24N4O8. The molecule has 188 valence electrons. The predicted octanol–water partition coefficient (Wildman–Crippen LogP) is 0.429. The highest BCUT2D eigenvalue weighted by atomic mass is 16.7. The maximum atomic E-state index is 13.4. The third kappa shape index (κ3) is 4.04. The number of aliphatic hydroxyl groups is 1. The van der Waals surface area contributed by atoms with Crippen LogP contribution in [0.5, 0.6) is 11.5 Å². The number of nitrogens with zero attached hydrogens (tertiary/aromatic N) is 2. The molecule has 12 nitrogen and oxygen atoms in total. The molecule has 4 N–H and O–H groups in total. The Balaban J connectivity index is 1.64. The number of pyridine rings is 2. The molecule has 0 radical (unpaired) electrons. The van der Waals surface area contributed by atoms with Gasteiger partial charge in [0.2, 0.25) is 12.7 Å². The van der Waals surface area contributed by atoms with Gasteiger partial charge in [-0.1, -0.05) is 0 Å². The van der Waals surface area contributed by atoms with E-state index in [0.717, 1.165) is 16.5 Å². The Kier molecular flexibility index (Phi) is 6.31. The molecule has 5 rings (SSSR count). The van der Waals surface area contributed by atoms with Crippen molar-refractivity contribution in [3.8, 4) is 22.9 Å². The van der Waals surface area contributed by atoms with Crippen molar-refractivity contribution in [1.82, 2.24) is 14.9 Å². The lowest BCUT2D eigenvalue weighted by Gasteiger charge is -2.14. The van der Waals surface area contributed by atoms with E-state index in [1.54, 1.807) is 12.1 Å². The predicted molar refractivity (Wildman–Crippen MR) is 125 cm³/mol. The molecule has 2 aliphatic heterocycles. The number of hydrogen-bond donors (Lipinski definition) is 3. The Hall–Kier alpha value is -4.00. The van der Waals surface area contributed by atoms with Crippen LogP contribution in [0.3, 0.4) is 0 Å². The summed E-state index contributed by atoms with van der Waals surface area (Å²) in [4.78, 5) is 40.5. The van der Waals surface area contributed by atoms with Crippen molar-refractivity contribution in [2.75, 3.05) is 20.1 Å². The van der Waals surface area contributed by atoms with Crippen LogP contribution in [0.15, 0.2) is 23.0 Å². The maximum Gasteiger partial charge on any atom is 0.293 e. The molecule has 1 aromatic carbocycles. The number of aliphatic hydroxyl groups excluding tert-OH is 1. The second-order valence-corrected chi connectivity index (χ2v) is 8.37. The Morgan fingerprint density at radius 3 is 2.78 bits per heavy atom. The summed E-state index contributed by atoms with van der Waals surface area (Å²) < 4.78 is 23.2. The lowest BCUT2D eigenvalue weighted by Crippen LogP contribution is -2.32. The Bertz CT molecular complexity index is 1430. The zero-order chi connectivity index (χ0) is 25.4. The fourth-order valence-electron chi connectivity index (χ4n) is 4.52. The van der Waals surface area contributed by atoms with Gasteiger partial charge in [-0.2, -0.15) is 0 Å². The number of rotatable bonds is 9. The van der Waals surface area contributed by atoms with Crippen LogP contribution in [0.2, 0.25) is 0 Å². The summed E-state index contributed by atoms with van der Waals surface area (Å²) in [5.74, 6) is 0.774. The van der Waals surface area contributed by atoms with Crippen LogP contribution >= 0.6 is 0 Å². The van der Waals surface area contributed by atoms with Gasteiger partial charge < -0.3 is 39.7 Å². The maximum absolute atomic E-state index is 13.4. The van der Waals surface area contributed by atoms with Gasteiger partial charge in [0.25, 0.3) is 12.0 Å². The molecule has 1 atom stereocenters. The number of carbonyl (C=O) groups is 2. The summed E-state index contributed by atoms with van der Waals surface area (Å²) in [5, 5.41) is 13.7. The normalized spacial score (nSPS) is 13.9. The van der Waals surface area contributed by atoms with Crippen LogP contribution in [0.1, 0.15) is 35.3 Å². The highest BCUT2D eigenvalue weighted by Gasteiger charge is 2.30. The highest BCUT2D eigenvalue weighted by molar-refractivity contribution is 5.90. The van der Waals surface area contributed by atoms with Crippen molar-refractivity contribution in [1.29, 1.82) is 0 Å². The van der Waals surface area contributed by atoms with E-state index in [0.29, 0.717) is 34.0 Å². The summed E-state index contributed by atoms with van der Waals surface area (Å²) in [6.07, 6.45) is -0.971. The molecule has 36 heavy (non-hydrogen) atoms. The number of carbonyl (C=O) groups excluding carboxylic acids is 2. The minimum atomic E-state index is -0.971. The first kappa shape index (κ1) is 23.7. The van der Waals surface area contributed by atoms with Crippen molar-refractivity contribution < 1.29 is 33.6 Å². The van der Waals surface area contributed by atoms with E-state index in [4.69, 9.17) is 29.7 Å². The van der Waals surface area contributed by atoms with Gasteiger partial charge in [0.05, 0.1) is 48.3 Å². The van der Waals surface area contributed by atoms with Gasteiger partial charge in [-0.25, -0.2) is 4.98 Å². The minimum Gasteiger partial charge on any atom is -0.463 e. The molecule has 0 saturated carbocycles. The molecule has 1 amide bonds. The molecule has 4 heterocycles. The zero-order valence-electron chi connectivity index (χ0n) is 19.4. The number of amides is 1. The summed E-state index contributed by atoms with van der Waals surface area (Å²) in [6, 6.07) is 5.28. The van der Waals surface area contributed by atoms with Gasteiger partial charge in [-0.05, 0) is 30.2 Å². The van der Waals surface area contributed by atoms with Gasteiger partial charge in [-0.3, -0.25) is 14.4 Å². The standard InChI is InChI=1S/C24H24N4O8/c1-12(30)13-2-19-23-15(6-28(19)24(32)17(13)8-34-10-29)16(7-33-9-26-22(31)5-25)14-3-20-21(36-11-35-20)4-18(14)27-23/h2-4,10,12,30H,5-9,11,25H2,1H3,(H,26,31).